The van der Waals surface area contributed by atoms with E-state index in [-0.39, 0.29) is 32.7 Å². The van der Waals surface area contributed by atoms with Gasteiger partial charge in [0, 0.05) is 13.0 Å². The molecular weight excluding hydrogens is 286 g/mol. The summed E-state index contributed by atoms with van der Waals surface area (Å²) in [4.78, 5) is 16.9. The maximum absolute atomic E-state index is 13.7. The summed E-state index contributed by atoms with van der Waals surface area (Å²) in [5.41, 5.74) is -1.76. The average molecular weight is 306 g/mol. The van der Waals surface area contributed by atoms with Crippen LogP contribution >= 0.6 is 0 Å². The molecule has 0 amide bonds. The molecule has 21 heavy (non-hydrogen) atoms. The van der Waals surface area contributed by atoms with Crippen molar-refractivity contribution in [3.05, 3.63) is 12.7 Å². The van der Waals surface area contributed by atoms with Gasteiger partial charge in [0.05, 0.1) is 19.2 Å². The summed E-state index contributed by atoms with van der Waals surface area (Å²) in [6.07, 6.45) is 1.31. The fraction of sp³-hybridized carbons (Fsp3) is 0.769. The molecular formula is C13H20F2N2O4. The van der Waals surface area contributed by atoms with Crippen molar-refractivity contribution in [3.8, 4) is 0 Å². The second-order valence-corrected chi connectivity index (χ2v) is 5.54. The van der Waals surface area contributed by atoms with Gasteiger partial charge in [0.2, 0.25) is 0 Å². The van der Waals surface area contributed by atoms with E-state index in [1.165, 1.54) is 13.0 Å². The zero-order chi connectivity index (χ0) is 15.7. The molecule has 0 radical (unpaired) electrons. The highest BCUT2D eigenvalue weighted by Gasteiger charge is 2.57. The first-order valence-electron chi connectivity index (χ1n) is 6.79. The molecule has 120 valence electrons. The Morgan fingerprint density at radius 3 is 3.10 bits per heavy atom. The molecule has 0 spiro atoms. The van der Waals surface area contributed by atoms with E-state index in [1.807, 2.05) is 0 Å². The van der Waals surface area contributed by atoms with Crippen LogP contribution in [0.4, 0.5) is 8.78 Å². The summed E-state index contributed by atoms with van der Waals surface area (Å²) in [6, 6.07) is -1.50. The third kappa shape index (κ3) is 3.39. The topological polar surface area (TPSA) is 71.0 Å². The Hall–Kier alpha value is -1.09. The van der Waals surface area contributed by atoms with Gasteiger partial charge in [0.25, 0.3) is 5.92 Å². The van der Waals surface area contributed by atoms with Crippen LogP contribution in [0.15, 0.2) is 12.7 Å². The highest BCUT2D eigenvalue weighted by Crippen LogP contribution is 2.35. The van der Waals surface area contributed by atoms with Gasteiger partial charge >= 0.3 is 5.97 Å². The molecule has 2 saturated heterocycles. The smallest absolute Gasteiger partial charge is 0.338 e. The minimum atomic E-state index is -2.89. The van der Waals surface area contributed by atoms with Gasteiger partial charge in [-0.1, -0.05) is 12.7 Å². The summed E-state index contributed by atoms with van der Waals surface area (Å²) in [7, 11) is 0. The van der Waals surface area contributed by atoms with Crippen molar-refractivity contribution >= 4 is 5.97 Å². The molecule has 2 rings (SSSR count). The summed E-state index contributed by atoms with van der Waals surface area (Å²) >= 11 is 0. The highest BCUT2D eigenvalue weighted by molar-refractivity contribution is 5.78. The van der Waals surface area contributed by atoms with Crippen LogP contribution in [0.25, 0.3) is 0 Å². The molecule has 2 fully saturated rings. The van der Waals surface area contributed by atoms with Gasteiger partial charge in [-0.25, -0.2) is 13.6 Å². The standard InChI is InChI=1S/C13H20F2N2O4/c1-3-6-20-11(18)12(2,19)4-5-17-10-9(7-21-17)16-8-13(10,14)15/h3,9-10,16,19H,1,4-8H2,2H3/t9-,10+,12-/m1/s1. The predicted molar refractivity (Wildman–Crippen MR) is 69.6 cm³/mol. The zero-order valence-electron chi connectivity index (χ0n) is 11.8. The van der Waals surface area contributed by atoms with E-state index in [0.29, 0.717) is 0 Å². The average Bonchev–Trinajstić information content (AvgIpc) is 2.96. The van der Waals surface area contributed by atoms with Crippen LogP contribution < -0.4 is 5.32 Å². The van der Waals surface area contributed by atoms with Crippen molar-refractivity contribution in [2.75, 3.05) is 26.3 Å². The van der Waals surface area contributed by atoms with Crippen LogP contribution in [0.5, 0.6) is 0 Å². The van der Waals surface area contributed by atoms with Gasteiger partial charge in [-0.2, -0.15) is 5.06 Å². The number of hydroxylamine groups is 2. The molecule has 0 saturated carbocycles. The monoisotopic (exact) mass is 306 g/mol. The SMILES string of the molecule is C=CCOC(=O)[C@](C)(O)CCN1OC[C@H]2NCC(F)(F)[C@H]21. The van der Waals surface area contributed by atoms with Gasteiger partial charge in [-0.3, -0.25) is 4.84 Å². The van der Waals surface area contributed by atoms with Gasteiger partial charge in [-0.05, 0) is 6.92 Å². The molecule has 8 heteroatoms. The third-order valence-corrected chi connectivity index (χ3v) is 3.73. The van der Waals surface area contributed by atoms with Crippen molar-refractivity contribution in [1.29, 1.82) is 0 Å². The first-order chi connectivity index (χ1) is 9.78. The first-order valence-corrected chi connectivity index (χ1v) is 6.79. The Bertz CT molecular complexity index is 417. The maximum Gasteiger partial charge on any atom is 0.338 e. The summed E-state index contributed by atoms with van der Waals surface area (Å²) in [6.45, 7) is 4.45. The van der Waals surface area contributed by atoms with Gasteiger partial charge in [0.1, 0.15) is 12.6 Å². The number of esters is 1. The lowest BCUT2D eigenvalue weighted by atomic mass is 10.0. The molecule has 0 unspecified atom stereocenters. The number of alkyl halides is 2. The molecule has 0 aromatic carbocycles. The highest BCUT2D eigenvalue weighted by atomic mass is 19.3. The number of nitrogens with zero attached hydrogens (tertiary/aromatic N) is 1. The Morgan fingerprint density at radius 1 is 1.71 bits per heavy atom. The Kier molecular flexibility index (Phi) is 4.62. The molecule has 2 aliphatic rings. The normalized spacial score (nSPS) is 30.7. The fourth-order valence-electron chi connectivity index (χ4n) is 2.52. The number of carbonyl (C=O) groups is 1. The lowest BCUT2D eigenvalue weighted by Crippen LogP contribution is -2.47. The number of rotatable bonds is 6. The number of carbonyl (C=O) groups excluding carboxylic acids is 1. The van der Waals surface area contributed by atoms with E-state index in [0.717, 1.165) is 5.06 Å². The van der Waals surface area contributed by atoms with Gasteiger partial charge < -0.3 is 15.2 Å². The number of fused-ring (bicyclic) bond motifs is 1. The van der Waals surface area contributed by atoms with E-state index >= 15 is 0 Å². The number of halogens is 2. The predicted octanol–water partition coefficient (Wildman–Crippen LogP) is 0.0796. The maximum atomic E-state index is 13.7. The van der Waals surface area contributed by atoms with Crippen molar-refractivity contribution in [3.63, 3.8) is 0 Å². The molecule has 2 aliphatic heterocycles. The van der Waals surface area contributed by atoms with Gasteiger partial charge in [0.15, 0.2) is 5.60 Å². The molecule has 6 nitrogen and oxygen atoms in total. The minimum absolute atomic E-state index is 0.00856. The van der Waals surface area contributed by atoms with Crippen molar-refractivity contribution < 1.29 is 28.3 Å². The lowest BCUT2D eigenvalue weighted by Gasteiger charge is -2.28. The molecule has 0 aromatic rings. The van der Waals surface area contributed by atoms with E-state index in [2.05, 4.69) is 11.9 Å². The molecule has 2 N–H and O–H groups in total. The van der Waals surface area contributed by atoms with Crippen LogP contribution in [0.3, 0.4) is 0 Å². The van der Waals surface area contributed by atoms with E-state index in [9.17, 15) is 18.7 Å². The Morgan fingerprint density at radius 2 is 2.43 bits per heavy atom. The zero-order valence-corrected chi connectivity index (χ0v) is 11.8. The Balaban J connectivity index is 1.90. The number of hydrogen-bond donors (Lipinski definition) is 2. The number of aliphatic hydroxyl groups is 1. The minimum Gasteiger partial charge on any atom is -0.459 e. The second kappa shape index (κ2) is 5.96. The van der Waals surface area contributed by atoms with E-state index in [4.69, 9.17) is 9.57 Å². The van der Waals surface area contributed by atoms with Crippen LogP contribution in [0.1, 0.15) is 13.3 Å². The molecule has 3 atom stereocenters. The number of ether oxygens (including phenoxy) is 1. The number of nitrogens with one attached hydrogen (secondary N) is 1. The third-order valence-electron chi connectivity index (χ3n) is 3.73. The number of hydrogen-bond acceptors (Lipinski definition) is 6. The summed E-state index contributed by atoms with van der Waals surface area (Å²) in [5, 5.41) is 13.9. The largest absolute Gasteiger partial charge is 0.459 e. The van der Waals surface area contributed by atoms with Crippen molar-refractivity contribution in [1.82, 2.24) is 10.4 Å². The lowest BCUT2D eigenvalue weighted by molar-refractivity contribution is -0.190. The Labute approximate surface area is 121 Å². The van der Waals surface area contributed by atoms with E-state index < -0.39 is 29.6 Å². The van der Waals surface area contributed by atoms with Gasteiger partial charge in [-0.15, -0.1) is 0 Å². The van der Waals surface area contributed by atoms with Crippen LogP contribution in [-0.2, 0) is 14.4 Å². The van der Waals surface area contributed by atoms with Crippen LogP contribution in [0, 0.1) is 0 Å². The quantitative estimate of drug-likeness (QED) is 0.535. The van der Waals surface area contributed by atoms with E-state index in [1.54, 1.807) is 0 Å². The van der Waals surface area contributed by atoms with Crippen molar-refractivity contribution in [2.24, 2.45) is 0 Å². The van der Waals surface area contributed by atoms with Crippen LogP contribution in [-0.4, -0.2) is 66.0 Å². The van der Waals surface area contributed by atoms with Crippen LogP contribution in [0.2, 0.25) is 0 Å². The molecule has 0 bridgehead atoms. The second-order valence-electron chi connectivity index (χ2n) is 5.54. The molecule has 0 aliphatic carbocycles. The summed E-state index contributed by atoms with van der Waals surface area (Å²) in [5.74, 6) is -3.70. The molecule has 0 aromatic heterocycles. The van der Waals surface area contributed by atoms with Crippen molar-refractivity contribution in [2.45, 2.75) is 37.0 Å². The molecule has 2 heterocycles. The first kappa shape index (κ1) is 16.3. The summed E-state index contributed by atoms with van der Waals surface area (Å²) < 4.78 is 32.3. The fourth-order valence-corrected chi connectivity index (χ4v) is 2.52.